The summed E-state index contributed by atoms with van der Waals surface area (Å²) < 4.78 is 12.2. The van der Waals surface area contributed by atoms with Gasteiger partial charge in [-0.1, -0.05) is 47.0 Å². The Morgan fingerprint density at radius 3 is 1.33 bits per heavy atom. The van der Waals surface area contributed by atoms with Gasteiger partial charge < -0.3 is 5.48 Å². The second kappa shape index (κ2) is 17.1. The van der Waals surface area contributed by atoms with Gasteiger partial charge in [-0.25, -0.2) is 4.39 Å². The topological polar surface area (TPSA) is 31.5 Å². The van der Waals surface area contributed by atoms with Crippen LogP contribution in [0, 0.1) is 0 Å². The summed E-state index contributed by atoms with van der Waals surface area (Å²) in [6.07, 6.45) is 4.65. The lowest BCUT2D eigenvalue weighted by Crippen LogP contribution is -2.04. The van der Waals surface area contributed by atoms with E-state index in [1.54, 1.807) is 0 Å². The number of hydrogen-bond donors (Lipinski definition) is 0. The van der Waals surface area contributed by atoms with Crippen LogP contribution in [0.3, 0.4) is 0 Å². The molecule has 0 saturated heterocycles. The summed E-state index contributed by atoms with van der Waals surface area (Å²) in [5.74, 6) is 0. The Labute approximate surface area is 76.7 Å². The van der Waals surface area contributed by atoms with E-state index < -0.39 is 6.17 Å². The first-order chi connectivity index (χ1) is 5.39. The van der Waals surface area contributed by atoms with Gasteiger partial charge in [-0.2, -0.15) is 0 Å². The molecule has 1 saturated carbocycles. The molecule has 2 N–H and O–H groups in total. The lowest BCUT2D eigenvalue weighted by atomic mass is 9.99. The molecule has 0 heterocycles. The molecule has 1 aliphatic carbocycles. The highest BCUT2D eigenvalue weighted by molar-refractivity contribution is 4.62. The zero-order valence-electron chi connectivity index (χ0n) is 8.99. The summed E-state index contributed by atoms with van der Waals surface area (Å²) in [7, 11) is 0. The van der Waals surface area contributed by atoms with Gasteiger partial charge in [-0.05, 0) is 12.8 Å². The minimum Gasteiger partial charge on any atom is -0.412 e. The molecule has 0 aromatic rings. The van der Waals surface area contributed by atoms with Crippen LogP contribution in [0.2, 0.25) is 0 Å². The van der Waals surface area contributed by atoms with Crippen LogP contribution in [-0.2, 0) is 0 Å². The van der Waals surface area contributed by atoms with Gasteiger partial charge in [-0.3, -0.25) is 0 Å². The van der Waals surface area contributed by atoms with E-state index in [4.69, 9.17) is 0 Å². The van der Waals surface area contributed by atoms with Crippen molar-refractivity contribution in [3.05, 3.63) is 0 Å². The van der Waals surface area contributed by atoms with Crippen molar-refractivity contribution in [2.75, 3.05) is 0 Å². The predicted molar refractivity (Wildman–Crippen MR) is 54.3 cm³/mol. The Kier molecular flexibility index (Phi) is 25.4. The van der Waals surface area contributed by atoms with Crippen LogP contribution >= 0.6 is 0 Å². The highest BCUT2D eigenvalue weighted by atomic mass is 19.1. The number of hydrogen-bond acceptors (Lipinski definition) is 0. The summed E-state index contributed by atoms with van der Waals surface area (Å²) in [6.45, 7) is 8.00. The van der Waals surface area contributed by atoms with Gasteiger partial charge in [0.1, 0.15) is 6.17 Å². The predicted octanol–water partition coefficient (Wildman–Crippen LogP) is 3.52. The van der Waals surface area contributed by atoms with Crippen LogP contribution in [0.25, 0.3) is 0 Å². The second-order valence-corrected chi connectivity index (χ2v) is 2.24. The van der Waals surface area contributed by atoms with Crippen molar-refractivity contribution in [3.63, 3.8) is 0 Å². The van der Waals surface area contributed by atoms with Crippen LogP contribution in [0.1, 0.15) is 59.8 Å². The fourth-order valence-corrected chi connectivity index (χ4v) is 1.05. The van der Waals surface area contributed by atoms with E-state index in [0.717, 1.165) is 25.7 Å². The van der Waals surface area contributed by atoms with Crippen molar-refractivity contribution in [2.45, 2.75) is 66.0 Å². The van der Waals surface area contributed by atoms with Crippen LogP contribution in [0.5, 0.6) is 0 Å². The largest absolute Gasteiger partial charge is 0.412 e. The minimum atomic E-state index is -0.464. The van der Waals surface area contributed by atoms with Gasteiger partial charge in [0.05, 0.1) is 0 Å². The van der Waals surface area contributed by atoms with Gasteiger partial charge >= 0.3 is 0 Å². The molecule has 1 nitrogen and oxygen atoms in total. The maximum atomic E-state index is 12.2. The molecular formula is C10H25FO. The van der Waals surface area contributed by atoms with Gasteiger partial charge in [-0.15, -0.1) is 0 Å². The molecule has 0 aliphatic heterocycles. The molecule has 1 aliphatic rings. The Bertz CT molecular complexity index is 51.8. The zero-order valence-corrected chi connectivity index (χ0v) is 8.99. The molecule has 1 fully saturated rings. The SMILES string of the molecule is CC.CC.FC1CCCCC1.O. The zero-order chi connectivity index (χ0) is 9.11. The van der Waals surface area contributed by atoms with E-state index in [0.29, 0.717) is 0 Å². The van der Waals surface area contributed by atoms with Crippen molar-refractivity contribution in [3.8, 4) is 0 Å². The van der Waals surface area contributed by atoms with Crippen molar-refractivity contribution in [2.24, 2.45) is 0 Å². The Hall–Kier alpha value is -0.110. The monoisotopic (exact) mass is 180 g/mol. The summed E-state index contributed by atoms with van der Waals surface area (Å²) in [5.41, 5.74) is 0. The Balaban J connectivity index is -0.000000144. The average Bonchev–Trinajstić information content (AvgIpc) is 2.13. The lowest BCUT2D eigenvalue weighted by molar-refractivity contribution is 0.251. The quantitative estimate of drug-likeness (QED) is 0.546. The molecular weight excluding hydrogens is 155 g/mol. The highest BCUT2D eigenvalue weighted by Crippen LogP contribution is 2.19. The molecule has 0 aromatic carbocycles. The third-order valence-electron chi connectivity index (χ3n) is 1.53. The molecule has 0 bridgehead atoms. The molecule has 0 amide bonds. The second-order valence-electron chi connectivity index (χ2n) is 2.24. The smallest absolute Gasteiger partial charge is 0.100 e. The molecule has 78 valence electrons. The van der Waals surface area contributed by atoms with Crippen molar-refractivity contribution < 1.29 is 9.87 Å². The van der Waals surface area contributed by atoms with Crippen LogP contribution in [0.4, 0.5) is 4.39 Å². The van der Waals surface area contributed by atoms with E-state index in [1.807, 2.05) is 27.7 Å². The number of rotatable bonds is 0. The maximum Gasteiger partial charge on any atom is 0.100 e. The third-order valence-corrected chi connectivity index (χ3v) is 1.53. The summed E-state index contributed by atoms with van der Waals surface area (Å²) in [6, 6.07) is 0. The normalized spacial score (nSPS) is 15.8. The van der Waals surface area contributed by atoms with Gasteiger partial charge in [0.25, 0.3) is 0 Å². The molecule has 0 unspecified atom stereocenters. The third kappa shape index (κ3) is 12.6. The minimum absolute atomic E-state index is 0. The van der Waals surface area contributed by atoms with Gasteiger partial charge in [0.2, 0.25) is 0 Å². The number of alkyl halides is 1. The maximum absolute atomic E-state index is 12.2. The molecule has 0 atom stereocenters. The molecule has 2 heteroatoms. The van der Waals surface area contributed by atoms with Crippen LogP contribution in [0.15, 0.2) is 0 Å². The van der Waals surface area contributed by atoms with E-state index in [-0.39, 0.29) is 5.48 Å². The first kappa shape index (κ1) is 17.8. The fourth-order valence-electron chi connectivity index (χ4n) is 1.05. The lowest BCUT2D eigenvalue weighted by Gasteiger charge is -2.12. The van der Waals surface area contributed by atoms with Crippen molar-refractivity contribution in [1.29, 1.82) is 0 Å². The van der Waals surface area contributed by atoms with E-state index >= 15 is 0 Å². The Morgan fingerprint density at radius 1 is 0.833 bits per heavy atom. The first-order valence-electron chi connectivity index (χ1n) is 5.03. The number of halogens is 1. The van der Waals surface area contributed by atoms with Crippen LogP contribution < -0.4 is 0 Å². The average molecular weight is 180 g/mol. The van der Waals surface area contributed by atoms with Gasteiger partial charge in [0.15, 0.2) is 0 Å². The molecule has 1 rings (SSSR count). The molecule has 0 spiro atoms. The molecule has 12 heavy (non-hydrogen) atoms. The highest BCUT2D eigenvalue weighted by Gasteiger charge is 2.09. The van der Waals surface area contributed by atoms with Gasteiger partial charge in [0, 0.05) is 0 Å². The fraction of sp³-hybridized carbons (Fsp3) is 1.00. The van der Waals surface area contributed by atoms with Crippen LogP contribution in [-0.4, -0.2) is 11.6 Å². The van der Waals surface area contributed by atoms with E-state index in [9.17, 15) is 4.39 Å². The van der Waals surface area contributed by atoms with E-state index in [2.05, 4.69) is 0 Å². The summed E-state index contributed by atoms with van der Waals surface area (Å²) >= 11 is 0. The standard InChI is InChI=1S/C6H11F.2C2H6.H2O/c7-6-4-2-1-3-5-6;2*1-2;/h6H,1-5H2;2*1-2H3;1H2. The first-order valence-corrected chi connectivity index (χ1v) is 5.03. The van der Waals surface area contributed by atoms with Crippen molar-refractivity contribution in [1.82, 2.24) is 0 Å². The summed E-state index contributed by atoms with van der Waals surface area (Å²) in [5, 5.41) is 0. The van der Waals surface area contributed by atoms with E-state index in [1.165, 1.54) is 6.42 Å². The summed E-state index contributed by atoms with van der Waals surface area (Å²) in [4.78, 5) is 0. The molecule has 0 radical (unpaired) electrons. The molecule has 0 aromatic heterocycles. The van der Waals surface area contributed by atoms with Crippen molar-refractivity contribution >= 4 is 0 Å². The Morgan fingerprint density at radius 2 is 1.17 bits per heavy atom.